The number of hydrogen-bond acceptors (Lipinski definition) is 2. The third-order valence-corrected chi connectivity index (χ3v) is 2.93. The van der Waals surface area contributed by atoms with Crippen molar-refractivity contribution in [2.75, 3.05) is 5.32 Å². The van der Waals surface area contributed by atoms with Crippen molar-refractivity contribution in [3.8, 4) is 0 Å². The summed E-state index contributed by atoms with van der Waals surface area (Å²) in [5, 5.41) is 2.12. The number of aromatic amines is 1. The van der Waals surface area contributed by atoms with E-state index in [-0.39, 0.29) is 16.3 Å². The van der Waals surface area contributed by atoms with E-state index in [4.69, 9.17) is 11.6 Å². The summed E-state index contributed by atoms with van der Waals surface area (Å²) >= 11 is 5.75. The van der Waals surface area contributed by atoms with Gasteiger partial charge in [-0.15, -0.1) is 0 Å². The third-order valence-electron chi connectivity index (χ3n) is 2.60. The number of nitrogens with one attached hydrogen (secondary N) is 2. The van der Waals surface area contributed by atoms with Crippen LogP contribution in [0, 0.1) is 0 Å². The minimum Gasteiger partial charge on any atom is -0.328 e. The number of H-pyrrole nitrogens is 1. The zero-order valence-corrected chi connectivity index (χ0v) is 11.0. The monoisotopic (exact) mass is 316 g/mol. The molecule has 0 saturated heterocycles. The molecular formula is C13H8ClF3N2O2. The van der Waals surface area contributed by atoms with Crippen LogP contribution >= 0.6 is 11.6 Å². The molecule has 2 N–H and O–H groups in total. The van der Waals surface area contributed by atoms with Gasteiger partial charge in [-0.25, -0.2) is 0 Å². The average molecular weight is 317 g/mol. The molecule has 1 aromatic heterocycles. The van der Waals surface area contributed by atoms with E-state index in [1.165, 1.54) is 18.3 Å². The van der Waals surface area contributed by atoms with Gasteiger partial charge < -0.3 is 10.3 Å². The van der Waals surface area contributed by atoms with Crippen LogP contribution in [0.5, 0.6) is 0 Å². The highest BCUT2D eigenvalue weighted by Gasteiger charge is 2.31. The molecule has 4 nitrogen and oxygen atoms in total. The van der Waals surface area contributed by atoms with E-state index in [0.717, 1.165) is 12.1 Å². The molecular weight excluding hydrogens is 309 g/mol. The minimum absolute atomic E-state index is 0.0660. The predicted octanol–water partition coefficient (Wildman–Crippen LogP) is 3.30. The first-order valence-corrected chi connectivity index (χ1v) is 6.02. The summed E-state index contributed by atoms with van der Waals surface area (Å²) in [6.07, 6.45) is -3.23. The highest BCUT2D eigenvalue weighted by molar-refractivity contribution is 6.34. The second kappa shape index (κ2) is 5.61. The van der Waals surface area contributed by atoms with Crippen LogP contribution in [-0.2, 0) is 6.18 Å². The number of pyridine rings is 1. The molecule has 2 aromatic rings. The Morgan fingerprint density at radius 2 is 1.95 bits per heavy atom. The highest BCUT2D eigenvalue weighted by atomic mass is 35.5. The van der Waals surface area contributed by atoms with E-state index in [9.17, 15) is 22.8 Å². The molecule has 0 aliphatic rings. The van der Waals surface area contributed by atoms with Crippen LogP contribution in [0.4, 0.5) is 18.9 Å². The van der Waals surface area contributed by atoms with Gasteiger partial charge in [0.25, 0.3) is 11.5 Å². The number of carbonyl (C=O) groups is 1. The van der Waals surface area contributed by atoms with Crippen molar-refractivity contribution in [2.24, 2.45) is 0 Å². The third kappa shape index (κ3) is 3.43. The molecule has 1 heterocycles. The van der Waals surface area contributed by atoms with E-state index < -0.39 is 23.2 Å². The summed E-state index contributed by atoms with van der Waals surface area (Å²) < 4.78 is 37.8. The predicted molar refractivity (Wildman–Crippen MR) is 71.5 cm³/mol. The van der Waals surface area contributed by atoms with Gasteiger partial charge in [-0.2, -0.15) is 13.2 Å². The summed E-state index contributed by atoms with van der Waals surface area (Å²) in [4.78, 5) is 25.6. The van der Waals surface area contributed by atoms with Gasteiger partial charge in [0.05, 0.1) is 16.3 Å². The summed E-state index contributed by atoms with van der Waals surface area (Å²) in [6, 6.07) is 5.19. The van der Waals surface area contributed by atoms with Crippen molar-refractivity contribution in [1.29, 1.82) is 0 Å². The summed E-state index contributed by atoms with van der Waals surface area (Å²) in [7, 11) is 0. The van der Waals surface area contributed by atoms with Crippen LogP contribution < -0.4 is 10.9 Å². The van der Waals surface area contributed by atoms with Gasteiger partial charge >= 0.3 is 6.18 Å². The quantitative estimate of drug-likeness (QED) is 0.893. The van der Waals surface area contributed by atoms with Gasteiger partial charge in [-0.05, 0) is 30.3 Å². The van der Waals surface area contributed by atoms with Crippen molar-refractivity contribution in [3.63, 3.8) is 0 Å². The number of anilines is 1. The molecule has 1 aromatic carbocycles. The van der Waals surface area contributed by atoms with Gasteiger partial charge in [-0.1, -0.05) is 11.6 Å². The maximum Gasteiger partial charge on any atom is 0.416 e. The van der Waals surface area contributed by atoms with E-state index in [0.29, 0.717) is 6.07 Å². The number of hydrogen-bond donors (Lipinski definition) is 2. The van der Waals surface area contributed by atoms with Crippen LogP contribution in [0.1, 0.15) is 15.9 Å². The van der Waals surface area contributed by atoms with Gasteiger partial charge in [-0.3, -0.25) is 9.59 Å². The molecule has 0 fully saturated rings. The van der Waals surface area contributed by atoms with Gasteiger partial charge in [0, 0.05) is 6.20 Å². The summed E-state index contributed by atoms with van der Waals surface area (Å²) in [5.74, 6) is -0.849. The van der Waals surface area contributed by atoms with Gasteiger partial charge in [0.1, 0.15) is 5.56 Å². The first-order chi connectivity index (χ1) is 9.79. The Bertz CT molecular complexity index is 741. The number of alkyl halides is 3. The zero-order valence-electron chi connectivity index (χ0n) is 10.3. The molecule has 0 radical (unpaired) electrons. The molecule has 110 valence electrons. The Hall–Kier alpha value is -2.28. The Morgan fingerprint density at radius 3 is 2.57 bits per heavy atom. The first-order valence-electron chi connectivity index (χ1n) is 5.65. The summed E-state index contributed by atoms with van der Waals surface area (Å²) in [5.41, 5.74) is -2.06. The fraction of sp³-hybridized carbons (Fsp3) is 0.0769. The van der Waals surface area contributed by atoms with Crippen molar-refractivity contribution in [3.05, 3.63) is 63.0 Å². The van der Waals surface area contributed by atoms with Crippen LogP contribution in [0.3, 0.4) is 0 Å². The van der Waals surface area contributed by atoms with Gasteiger partial charge in [0.15, 0.2) is 0 Å². The average Bonchev–Trinajstić information content (AvgIpc) is 2.40. The molecule has 2 rings (SSSR count). The maximum absolute atomic E-state index is 12.6. The van der Waals surface area contributed by atoms with Crippen molar-refractivity contribution < 1.29 is 18.0 Å². The number of halogens is 4. The topological polar surface area (TPSA) is 62.0 Å². The van der Waals surface area contributed by atoms with E-state index in [1.807, 2.05) is 0 Å². The normalized spacial score (nSPS) is 11.2. The first kappa shape index (κ1) is 15.1. The molecule has 0 saturated carbocycles. The molecule has 0 aliphatic heterocycles. The molecule has 0 bridgehead atoms. The summed E-state index contributed by atoms with van der Waals surface area (Å²) in [6.45, 7) is 0. The number of aromatic nitrogens is 1. The largest absolute Gasteiger partial charge is 0.416 e. The number of carbonyl (C=O) groups excluding carboxylic acids is 1. The number of benzene rings is 1. The molecule has 0 atom stereocenters. The molecule has 0 unspecified atom stereocenters. The van der Waals surface area contributed by atoms with Gasteiger partial charge in [0.2, 0.25) is 0 Å². The molecule has 8 heteroatoms. The zero-order chi connectivity index (χ0) is 15.6. The lowest BCUT2D eigenvalue weighted by Crippen LogP contribution is -2.22. The van der Waals surface area contributed by atoms with E-state index in [2.05, 4.69) is 10.3 Å². The SMILES string of the molecule is O=C(Nc1cc(C(F)(F)F)ccc1Cl)c1ccc[nH]c1=O. The molecule has 0 aliphatic carbocycles. The lowest BCUT2D eigenvalue weighted by atomic mass is 10.2. The van der Waals surface area contributed by atoms with E-state index in [1.54, 1.807) is 0 Å². The van der Waals surface area contributed by atoms with Crippen molar-refractivity contribution in [1.82, 2.24) is 4.98 Å². The smallest absolute Gasteiger partial charge is 0.328 e. The fourth-order valence-electron chi connectivity index (χ4n) is 1.59. The fourth-order valence-corrected chi connectivity index (χ4v) is 1.75. The van der Waals surface area contributed by atoms with Crippen molar-refractivity contribution >= 4 is 23.2 Å². The van der Waals surface area contributed by atoms with Crippen molar-refractivity contribution in [2.45, 2.75) is 6.18 Å². The second-order valence-corrected chi connectivity index (χ2v) is 4.47. The standard InChI is InChI=1S/C13H8ClF3N2O2/c14-9-4-3-7(13(15,16)17)6-10(9)19-12(21)8-2-1-5-18-11(8)20/h1-6H,(H,18,20)(H,19,21). The molecule has 21 heavy (non-hydrogen) atoms. The Labute approximate surface area is 121 Å². The number of rotatable bonds is 2. The van der Waals surface area contributed by atoms with Crippen LogP contribution in [-0.4, -0.2) is 10.9 Å². The maximum atomic E-state index is 12.6. The Kier molecular flexibility index (Phi) is 4.04. The number of amides is 1. The van der Waals surface area contributed by atoms with Crippen LogP contribution in [0.2, 0.25) is 5.02 Å². The lowest BCUT2D eigenvalue weighted by molar-refractivity contribution is -0.137. The Morgan fingerprint density at radius 1 is 1.24 bits per heavy atom. The highest BCUT2D eigenvalue weighted by Crippen LogP contribution is 2.33. The lowest BCUT2D eigenvalue weighted by Gasteiger charge is -2.11. The molecule has 1 amide bonds. The van der Waals surface area contributed by atoms with Crippen LogP contribution in [0.25, 0.3) is 0 Å². The van der Waals surface area contributed by atoms with Crippen LogP contribution in [0.15, 0.2) is 41.3 Å². The Balaban J connectivity index is 2.34. The minimum atomic E-state index is -4.56. The molecule has 0 spiro atoms. The van der Waals surface area contributed by atoms with E-state index >= 15 is 0 Å². The second-order valence-electron chi connectivity index (χ2n) is 4.06.